The van der Waals surface area contributed by atoms with Crippen molar-refractivity contribution in [3.05, 3.63) is 35.4 Å². The third kappa shape index (κ3) is 6.69. The molecule has 0 unspecified atom stereocenters. The number of carbonyl (C=O) groups is 2. The summed E-state index contributed by atoms with van der Waals surface area (Å²) in [6.45, 7) is 3.03. The van der Waals surface area contributed by atoms with E-state index in [-0.39, 0.29) is 19.8 Å². The van der Waals surface area contributed by atoms with Gasteiger partial charge >= 0.3 is 11.9 Å². The van der Waals surface area contributed by atoms with E-state index in [4.69, 9.17) is 19.3 Å². The molecule has 1 rings (SSSR count). The van der Waals surface area contributed by atoms with E-state index in [0.717, 1.165) is 12.8 Å². The predicted octanol–water partition coefficient (Wildman–Crippen LogP) is 1.81. The molecule has 1 aromatic rings. The number of hydrogen-bond acceptors (Lipinski definition) is 6. The van der Waals surface area contributed by atoms with Crippen molar-refractivity contribution in [2.75, 3.05) is 33.0 Å². The Labute approximate surface area is 130 Å². The molecule has 0 fully saturated rings. The first-order chi connectivity index (χ1) is 10.7. The van der Waals surface area contributed by atoms with Crippen LogP contribution in [0.15, 0.2) is 24.3 Å². The number of aliphatic hydroxyl groups excluding tert-OH is 1. The molecule has 122 valence electrons. The van der Waals surface area contributed by atoms with E-state index >= 15 is 0 Å². The molecule has 0 aliphatic carbocycles. The summed E-state index contributed by atoms with van der Waals surface area (Å²) in [6, 6.07) is 5.95. The van der Waals surface area contributed by atoms with Gasteiger partial charge in [-0.05, 0) is 30.7 Å². The van der Waals surface area contributed by atoms with Gasteiger partial charge < -0.3 is 19.3 Å². The van der Waals surface area contributed by atoms with Crippen LogP contribution in [0, 0.1) is 0 Å². The Morgan fingerprint density at radius 3 is 1.95 bits per heavy atom. The molecular formula is C16H22O6. The van der Waals surface area contributed by atoms with Crippen molar-refractivity contribution >= 4 is 11.9 Å². The average Bonchev–Trinajstić information content (AvgIpc) is 2.55. The first kappa shape index (κ1) is 18.1. The van der Waals surface area contributed by atoms with Crippen LogP contribution in [-0.2, 0) is 14.2 Å². The van der Waals surface area contributed by atoms with E-state index in [0.29, 0.717) is 24.3 Å². The molecule has 22 heavy (non-hydrogen) atoms. The minimum atomic E-state index is -0.543. The van der Waals surface area contributed by atoms with Gasteiger partial charge in [0.25, 0.3) is 0 Å². The molecule has 1 aromatic carbocycles. The van der Waals surface area contributed by atoms with Crippen molar-refractivity contribution in [1.82, 2.24) is 0 Å². The molecule has 1 N–H and O–H groups in total. The van der Waals surface area contributed by atoms with Crippen LogP contribution in [0.3, 0.4) is 0 Å². The maximum atomic E-state index is 11.8. The lowest BCUT2D eigenvalue weighted by atomic mass is 10.1. The summed E-state index contributed by atoms with van der Waals surface area (Å²) in [6.07, 6.45) is 2.05. The van der Waals surface area contributed by atoms with E-state index in [2.05, 4.69) is 6.92 Å². The molecular weight excluding hydrogens is 288 g/mol. The van der Waals surface area contributed by atoms with Gasteiger partial charge in [-0.2, -0.15) is 0 Å². The highest BCUT2D eigenvalue weighted by Gasteiger charge is 2.10. The van der Waals surface area contributed by atoms with E-state index < -0.39 is 11.9 Å². The van der Waals surface area contributed by atoms with Crippen molar-refractivity contribution in [3.63, 3.8) is 0 Å². The van der Waals surface area contributed by atoms with Crippen LogP contribution < -0.4 is 0 Å². The number of benzene rings is 1. The summed E-state index contributed by atoms with van der Waals surface area (Å²) in [5, 5.41) is 8.58. The van der Waals surface area contributed by atoms with Crippen molar-refractivity contribution in [2.45, 2.75) is 19.8 Å². The van der Waals surface area contributed by atoms with E-state index in [9.17, 15) is 9.59 Å². The number of ether oxygens (including phenoxy) is 3. The van der Waals surface area contributed by atoms with Gasteiger partial charge in [0, 0.05) is 6.61 Å². The molecule has 0 spiro atoms. The van der Waals surface area contributed by atoms with Crippen LogP contribution in [0.25, 0.3) is 0 Å². The highest BCUT2D eigenvalue weighted by atomic mass is 16.6. The number of rotatable bonds is 10. The molecule has 0 amide bonds. The number of carbonyl (C=O) groups excluding carboxylic acids is 2. The zero-order valence-electron chi connectivity index (χ0n) is 12.7. The van der Waals surface area contributed by atoms with Gasteiger partial charge in [0.2, 0.25) is 0 Å². The third-order valence-corrected chi connectivity index (χ3v) is 2.78. The third-order valence-electron chi connectivity index (χ3n) is 2.78. The highest BCUT2D eigenvalue weighted by Crippen LogP contribution is 2.07. The summed E-state index contributed by atoms with van der Waals surface area (Å²) in [5.74, 6) is -1.01. The van der Waals surface area contributed by atoms with Crippen LogP contribution in [-0.4, -0.2) is 50.1 Å². The Morgan fingerprint density at radius 1 is 0.909 bits per heavy atom. The molecule has 6 heteroatoms. The maximum absolute atomic E-state index is 11.8. The summed E-state index contributed by atoms with van der Waals surface area (Å²) in [7, 11) is 0. The first-order valence-electron chi connectivity index (χ1n) is 7.32. The van der Waals surface area contributed by atoms with E-state index in [1.54, 1.807) is 0 Å². The molecule has 0 aliphatic heterocycles. The second-order valence-electron chi connectivity index (χ2n) is 4.54. The second-order valence-corrected chi connectivity index (χ2v) is 4.54. The fourth-order valence-electron chi connectivity index (χ4n) is 1.59. The number of esters is 2. The molecule has 0 saturated carbocycles. The fraction of sp³-hybridized carbons (Fsp3) is 0.500. The normalized spacial score (nSPS) is 10.3. The maximum Gasteiger partial charge on any atom is 0.338 e. The van der Waals surface area contributed by atoms with Crippen LogP contribution in [0.4, 0.5) is 0 Å². The molecule has 0 aliphatic rings. The van der Waals surface area contributed by atoms with Gasteiger partial charge in [-0.3, -0.25) is 0 Å². The van der Waals surface area contributed by atoms with Gasteiger partial charge in [-0.25, -0.2) is 9.59 Å². The van der Waals surface area contributed by atoms with Gasteiger partial charge in [-0.1, -0.05) is 13.3 Å². The minimum absolute atomic E-state index is 0.0549. The number of aliphatic hydroxyl groups is 1. The zero-order chi connectivity index (χ0) is 16.2. The lowest BCUT2D eigenvalue weighted by Crippen LogP contribution is -2.12. The topological polar surface area (TPSA) is 82.1 Å². The van der Waals surface area contributed by atoms with Crippen molar-refractivity contribution in [1.29, 1.82) is 0 Å². The van der Waals surface area contributed by atoms with Crippen molar-refractivity contribution in [2.24, 2.45) is 0 Å². The Kier molecular flexibility index (Phi) is 8.86. The zero-order valence-corrected chi connectivity index (χ0v) is 12.7. The number of unbranched alkanes of at least 4 members (excludes halogenated alkanes) is 1. The summed E-state index contributed by atoms with van der Waals surface area (Å²) >= 11 is 0. The van der Waals surface area contributed by atoms with Gasteiger partial charge in [-0.15, -0.1) is 0 Å². The van der Waals surface area contributed by atoms with Crippen LogP contribution in [0.1, 0.15) is 40.5 Å². The molecule has 0 radical (unpaired) electrons. The largest absolute Gasteiger partial charge is 0.460 e. The molecule has 0 atom stereocenters. The molecule has 0 saturated heterocycles. The SMILES string of the molecule is CCCCOCCOC(=O)c1ccc(C(=O)OCCO)cc1. The molecule has 0 aromatic heterocycles. The highest BCUT2D eigenvalue weighted by molar-refractivity contribution is 5.93. The fourth-order valence-corrected chi connectivity index (χ4v) is 1.59. The van der Waals surface area contributed by atoms with Gasteiger partial charge in [0.15, 0.2) is 0 Å². The molecule has 0 heterocycles. The Bertz CT molecular complexity index is 454. The van der Waals surface area contributed by atoms with Crippen LogP contribution in [0.2, 0.25) is 0 Å². The smallest absolute Gasteiger partial charge is 0.338 e. The van der Waals surface area contributed by atoms with Crippen molar-refractivity contribution in [3.8, 4) is 0 Å². The van der Waals surface area contributed by atoms with Gasteiger partial charge in [0.1, 0.15) is 13.2 Å². The Balaban J connectivity index is 2.35. The van der Waals surface area contributed by atoms with E-state index in [1.807, 2.05) is 0 Å². The summed E-state index contributed by atoms with van der Waals surface area (Å²) in [4.78, 5) is 23.3. The van der Waals surface area contributed by atoms with Gasteiger partial charge in [0.05, 0.1) is 24.3 Å². The quantitative estimate of drug-likeness (QED) is 0.524. The Hall–Kier alpha value is -1.92. The minimum Gasteiger partial charge on any atom is -0.460 e. The average molecular weight is 310 g/mol. The predicted molar refractivity (Wildman–Crippen MR) is 79.8 cm³/mol. The number of hydrogen-bond donors (Lipinski definition) is 1. The van der Waals surface area contributed by atoms with Crippen LogP contribution in [0.5, 0.6) is 0 Å². The second kappa shape index (κ2) is 10.8. The first-order valence-corrected chi connectivity index (χ1v) is 7.32. The lowest BCUT2D eigenvalue weighted by molar-refractivity contribution is 0.0313. The monoisotopic (exact) mass is 310 g/mol. The standard InChI is InChI=1S/C16H22O6/c1-2-3-9-20-11-12-22-16(19)14-6-4-13(5-7-14)15(18)21-10-8-17/h4-7,17H,2-3,8-12H2,1H3. The molecule has 0 bridgehead atoms. The van der Waals surface area contributed by atoms with E-state index in [1.165, 1.54) is 24.3 Å². The summed E-state index contributed by atoms with van der Waals surface area (Å²) < 4.78 is 15.1. The summed E-state index contributed by atoms with van der Waals surface area (Å²) in [5.41, 5.74) is 0.667. The van der Waals surface area contributed by atoms with Crippen molar-refractivity contribution < 1.29 is 28.9 Å². The van der Waals surface area contributed by atoms with Crippen LogP contribution >= 0.6 is 0 Å². The lowest BCUT2D eigenvalue weighted by Gasteiger charge is -2.06. The Morgan fingerprint density at radius 2 is 1.45 bits per heavy atom. The molecule has 6 nitrogen and oxygen atoms in total.